The van der Waals surface area contributed by atoms with Crippen LogP contribution in [0.3, 0.4) is 0 Å². The number of aromatic nitrogens is 2. The Morgan fingerprint density at radius 2 is 1.84 bits per heavy atom. The number of nitrogens with one attached hydrogen (secondary N) is 1. The first kappa shape index (κ1) is 12.9. The summed E-state index contributed by atoms with van der Waals surface area (Å²) < 4.78 is 27.0. The maximum atomic E-state index is 13.6. The van der Waals surface area contributed by atoms with E-state index in [0.29, 0.717) is 5.69 Å². The van der Waals surface area contributed by atoms with Gasteiger partial charge in [-0.05, 0) is 31.5 Å². The Kier molecular flexibility index (Phi) is 3.38. The Morgan fingerprint density at radius 3 is 2.53 bits per heavy atom. The number of hydrogen-bond acceptors (Lipinski definition) is 4. The van der Waals surface area contributed by atoms with Crippen molar-refractivity contribution < 1.29 is 8.78 Å². The predicted octanol–water partition coefficient (Wildman–Crippen LogP) is 2.99. The van der Waals surface area contributed by atoms with E-state index in [1.54, 1.807) is 6.92 Å². The molecule has 1 heterocycles. The van der Waals surface area contributed by atoms with E-state index in [4.69, 9.17) is 5.26 Å². The van der Waals surface area contributed by atoms with Crippen LogP contribution in [-0.4, -0.2) is 9.97 Å². The summed E-state index contributed by atoms with van der Waals surface area (Å²) in [6, 6.07) is 5.48. The summed E-state index contributed by atoms with van der Waals surface area (Å²) in [6.45, 7) is 3.15. The Morgan fingerprint density at radius 1 is 1.11 bits per heavy atom. The summed E-state index contributed by atoms with van der Waals surface area (Å²) >= 11 is 0. The van der Waals surface area contributed by atoms with Crippen molar-refractivity contribution in [3.8, 4) is 6.07 Å². The first-order valence-corrected chi connectivity index (χ1v) is 5.48. The highest BCUT2D eigenvalue weighted by molar-refractivity contribution is 5.55. The summed E-state index contributed by atoms with van der Waals surface area (Å²) in [6.07, 6.45) is 0. The quantitative estimate of drug-likeness (QED) is 0.901. The number of rotatable bonds is 2. The number of hydrogen-bond donors (Lipinski definition) is 1. The molecular formula is C13H10F2N4. The molecule has 1 aromatic carbocycles. The predicted molar refractivity (Wildman–Crippen MR) is 65.9 cm³/mol. The van der Waals surface area contributed by atoms with Crippen molar-refractivity contribution >= 4 is 11.6 Å². The minimum Gasteiger partial charge on any atom is -0.322 e. The standard InChI is InChI=1S/C13H10F2N4/c1-7-3-11(15)12(5-10(7)14)19-13-17-8(2)4-9(6-16)18-13/h3-5H,1-2H3,(H,17,18,19). The molecule has 0 fully saturated rings. The van der Waals surface area contributed by atoms with Crippen molar-refractivity contribution in [3.63, 3.8) is 0 Å². The molecule has 0 unspecified atom stereocenters. The lowest BCUT2D eigenvalue weighted by Crippen LogP contribution is -2.03. The fourth-order valence-corrected chi connectivity index (χ4v) is 1.54. The van der Waals surface area contributed by atoms with E-state index in [0.717, 1.165) is 12.1 Å². The fourth-order valence-electron chi connectivity index (χ4n) is 1.54. The molecule has 4 nitrogen and oxygen atoms in total. The van der Waals surface area contributed by atoms with Crippen molar-refractivity contribution in [3.05, 3.63) is 46.8 Å². The number of benzene rings is 1. The molecule has 0 amide bonds. The second-order valence-electron chi connectivity index (χ2n) is 4.04. The summed E-state index contributed by atoms with van der Waals surface area (Å²) in [5.41, 5.74) is 0.855. The molecular weight excluding hydrogens is 250 g/mol. The lowest BCUT2D eigenvalue weighted by molar-refractivity contribution is 0.595. The third-order valence-corrected chi connectivity index (χ3v) is 2.46. The highest BCUT2D eigenvalue weighted by atomic mass is 19.1. The van der Waals surface area contributed by atoms with Crippen molar-refractivity contribution in [1.29, 1.82) is 5.26 Å². The number of nitriles is 1. The van der Waals surface area contributed by atoms with Gasteiger partial charge in [-0.3, -0.25) is 0 Å². The minimum absolute atomic E-state index is 0.0544. The molecule has 0 atom stereocenters. The average Bonchev–Trinajstić information content (AvgIpc) is 2.35. The van der Waals surface area contributed by atoms with E-state index in [1.165, 1.54) is 13.0 Å². The van der Waals surface area contributed by atoms with E-state index < -0.39 is 11.6 Å². The van der Waals surface area contributed by atoms with Crippen LogP contribution in [0.1, 0.15) is 17.0 Å². The molecule has 0 aliphatic heterocycles. The van der Waals surface area contributed by atoms with Crippen LogP contribution in [0.25, 0.3) is 0 Å². The number of halogens is 2. The molecule has 6 heteroatoms. The second kappa shape index (κ2) is 4.98. The van der Waals surface area contributed by atoms with Gasteiger partial charge in [0, 0.05) is 11.8 Å². The van der Waals surface area contributed by atoms with E-state index in [2.05, 4.69) is 15.3 Å². The summed E-state index contributed by atoms with van der Waals surface area (Å²) in [5.74, 6) is -1.08. The van der Waals surface area contributed by atoms with E-state index in [-0.39, 0.29) is 22.9 Å². The molecule has 0 saturated heterocycles. The van der Waals surface area contributed by atoms with Crippen LogP contribution >= 0.6 is 0 Å². The number of nitrogens with zero attached hydrogens (tertiary/aromatic N) is 3. The summed E-state index contributed by atoms with van der Waals surface area (Å²) in [7, 11) is 0. The van der Waals surface area contributed by atoms with Gasteiger partial charge in [0.05, 0.1) is 5.69 Å². The molecule has 96 valence electrons. The molecule has 0 saturated carbocycles. The van der Waals surface area contributed by atoms with Crippen LogP contribution < -0.4 is 5.32 Å². The highest BCUT2D eigenvalue weighted by Crippen LogP contribution is 2.21. The zero-order chi connectivity index (χ0) is 14.0. The molecule has 1 aromatic heterocycles. The van der Waals surface area contributed by atoms with Gasteiger partial charge in [0.2, 0.25) is 5.95 Å². The van der Waals surface area contributed by atoms with Crippen LogP contribution in [-0.2, 0) is 0 Å². The molecule has 0 spiro atoms. The van der Waals surface area contributed by atoms with Crippen molar-refractivity contribution in [2.75, 3.05) is 5.32 Å². The normalized spacial score (nSPS) is 10.1. The third-order valence-electron chi connectivity index (χ3n) is 2.46. The van der Waals surface area contributed by atoms with Gasteiger partial charge in [-0.2, -0.15) is 5.26 Å². The van der Waals surface area contributed by atoms with Gasteiger partial charge in [-0.15, -0.1) is 0 Å². The lowest BCUT2D eigenvalue weighted by Gasteiger charge is -2.08. The second-order valence-corrected chi connectivity index (χ2v) is 4.04. The van der Waals surface area contributed by atoms with Gasteiger partial charge >= 0.3 is 0 Å². The van der Waals surface area contributed by atoms with Gasteiger partial charge < -0.3 is 5.32 Å². The smallest absolute Gasteiger partial charge is 0.228 e. The Balaban J connectivity index is 2.39. The molecule has 19 heavy (non-hydrogen) atoms. The highest BCUT2D eigenvalue weighted by Gasteiger charge is 2.09. The summed E-state index contributed by atoms with van der Waals surface area (Å²) in [5, 5.41) is 11.4. The molecule has 2 rings (SSSR count). The zero-order valence-electron chi connectivity index (χ0n) is 10.3. The molecule has 0 aliphatic carbocycles. The van der Waals surface area contributed by atoms with Gasteiger partial charge in [0.25, 0.3) is 0 Å². The molecule has 1 N–H and O–H groups in total. The first-order chi connectivity index (χ1) is 8.99. The number of anilines is 2. The van der Waals surface area contributed by atoms with Crippen LogP contribution in [0.5, 0.6) is 0 Å². The van der Waals surface area contributed by atoms with Gasteiger partial charge in [-0.1, -0.05) is 0 Å². The van der Waals surface area contributed by atoms with E-state index in [1.807, 2.05) is 6.07 Å². The third kappa shape index (κ3) is 2.83. The largest absolute Gasteiger partial charge is 0.322 e. The van der Waals surface area contributed by atoms with Crippen LogP contribution in [0.2, 0.25) is 0 Å². The molecule has 2 aromatic rings. The van der Waals surface area contributed by atoms with Crippen molar-refractivity contribution in [2.24, 2.45) is 0 Å². The topological polar surface area (TPSA) is 61.6 Å². The Hall–Kier alpha value is -2.55. The van der Waals surface area contributed by atoms with E-state index >= 15 is 0 Å². The van der Waals surface area contributed by atoms with E-state index in [9.17, 15) is 8.78 Å². The average molecular weight is 260 g/mol. The van der Waals surface area contributed by atoms with Crippen molar-refractivity contribution in [2.45, 2.75) is 13.8 Å². The lowest BCUT2D eigenvalue weighted by atomic mass is 10.2. The monoisotopic (exact) mass is 260 g/mol. The van der Waals surface area contributed by atoms with Crippen molar-refractivity contribution in [1.82, 2.24) is 9.97 Å². The Labute approximate surface area is 108 Å². The van der Waals surface area contributed by atoms with Gasteiger partial charge in [-0.25, -0.2) is 18.7 Å². The Bertz CT molecular complexity index is 677. The summed E-state index contributed by atoms with van der Waals surface area (Å²) in [4.78, 5) is 7.88. The molecule has 0 aliphatic rings. The van der Waals surface area contributed by atoms with Crippen LogP contribution in [0, 0.1) is 36.8 Å². The number of aryl methyl sites for hydroxylation is 2. The zero-order valence-corrected chi connectivity index (χ0v) is 10.3. The minimum atomic E-state index is -0.609. The van der Waals surface area contributed by atoms with Crippen LogP contribution in [0.4, 0.5) is 20.4 Å². The SMILES string of the molecule is Cc1cc(C#N)nc(Nc2cc(F)c(C)cc2F)n1. The molecule has 0 bridgehead atoms. The maximum absolute atomic E-state index is 13.6. The molecule has 0 radical (unpaired) electrons. The fraction of sp³-hybridized carbons (Fsp3) is 0.154. The van der Waals surface area contributed by atoms with Gasteiger partial charge in [0.15, 0.2) is 0 Å². The maximum Gasteiger partial charge on any atom is 0.228 e. The van der Waals surface area contributed by atoms with Crippen LogP contribution in [0.15, 0.2) is 18.2 Å². The van der Waals surface area contributed by atoms with Gasteiger partial charge in [0.1, 0.15) is 23.4 Å². The first-order valence-electron chi connectivity index (χ1n) is 5.48.